The number of carbonyl (C=O) groups is 1. The molecule has 0 aliphatic carbocycles. The summed E-state index contributed by atoms with van der Waals surface area (Å²) < 4.78 is 26.9. The normalized spacial score (nSPS) is 14.8. The van der Waals surface area contributed by atoms with Crippen molar-refractivity contribution in [2.45, 2.75) is 17.7 Å². The second kappa shape index (κ2) is 8.75. The van der Waals surface area contributed by atoms with Gasteiger partial charge in [-0.3, -0.25) is 9.10 Å². The Morgan fingerprint density at radius 2 is 1.57 bits per heavy atom. The van der Waals surface area contributed by atoms with E-state index in [1.165, 1.54) is 36.3 Å². The number of anilines is 1. The van der Waals surface area contributed by atoms with Gasteiger partial charge in [-0.15, -0.1) is 0 Å². The van der Waals surface area contributed by atoms with Gasteiger partial charge in [-0.1, -0.05) is 18.2 Å². The number of hydrogen-bond acceptors (Lipinski definition) is 4. The maximum atomic E-state index is 12.8. The lowest BCUT2D eigenvalue weighted by Crippen LogP contribution is -2.35. The molecule has 0 spiro atoms. The summed E-state index contributed by atoms with van der Waals surface area (Å²) in [6.07, 6.45) is 2.45. The van der Waals surface area contributed by atoms with Crippen molar-refractivity contribution >= 4 is 21.6 Å². The SMILES string of the molecule is CN(CCN1CCCC1)C(=O)c1ccc(S(=O)(=O)N(C)c2ccccc2)cc1. The number of likely N-dealkylation sites (N-methyl/N-ethyl adjacent to an activating group) is 1. The van der Waals surface area contributed by atoms with Gasteiger partial charge in [0.2, 0.25) is 0 Å². The first kappa shape index (κ1) is 20.4. The Morgan fingerprint density at radius 1 is 0.964 bits per heavy atom. The zero-order valence-corrected chi connectivity index (χ0v) is 17.2. The third-order valence-electron chi connectivity index (χ3n) is 5.18. The number of likely N-dealkylation sites (tertiary alicyclic amines) is 1. The van der Waals surface area contributed by atoms with Crippen molar-refractivity contribution in [1.29, 1.82) is 0 Å². The van der Waals surface area contributed by atoms with E-state index in [1.807, 2.05) is 6.07 Å². The van der Waals surface area contributed by atoms with Gasteiger partial charge in [0.25, 0.3) is 15.9 Å². The predicted molar refractivity (Wildman–Crippen MR) is 111 cm³/mol. The third kappa shape index (κ3) is 4.54. The number of sulfonamides is 1. The second-order valence-corrected chi connectivity index (χ2v) is 9.08. The Morgan fingerprint density at radius 3 is 2.18 bits per heavy atom. The molecular formula is C21H27N3O3S. The van der Waals surface area contributed by atoms with Gasteiger partial charge < -0.3 is 9.80 Å². The smallest absolute Gasteiger partial charge is 0.264 e. The third-order valence-corrected chi connectivity index (χ3v) is 6.98. The number of nitrogens with zero attached hydrogens (tertiary/aromatic N) is 3. The molecule has 0 saturated carbocycles. The zero-order chi connectivity index (χ0) is 20.1. The lowest BCUT2D eigenvalue weighted by molar-refractivity contribution is 0.0782. The monoisotopic (exact) mass is 401 g/mol. The van der Waals surface area contributed by atoms with Gasteiger partial charge in [0.1, 0.15) is 0 Å². The summed E-state index contributed by atoms with van der Waals surface area (Å²) in [4.78, 5) is 16.8. The molecule has 3 rings (SSSR count). The van der Waals surface area contributed by atoms with Crippen molar-refractivity contribution in [2.24, 2.45) is 0 Å². The van der Waals surface area contributed by atoms with Crippen molar-refractivity contribution in [2.75, 3.05) is 44.6 Å². The standard InChI is InChI=1S/C21H27N3O3S/c1-22(16-17-24-14-6-7-15-24)21(25)18-10-12-20(13-11-18)28(26,27)23(2)19-8-4-3-5-9-19/h3-5,8-13H,6-7,14-17H2,1-2H3. The van der Waals surface area contributed by atoms with Crippen molar-refractivity contribution < 1.29 is 13.2 Å². The molecule has 1 fully saturated rings. The van der Waals surface area contributed by atoms with Gasteiger partial charge in [0, 0.05) is 32.7 Å². The Bertz CT molecular complexity index is 892. The lowest BCUT2D eigenvalue weighted by Gasteiger charge is -2.22. The van der Waals surface area contributed by atoms with Crippen molar-refractivity contribution in [3.05, 3.63) is 60.2 Å². The van der Waals surface area contributed by atoms with E-state index in [2.05, 4.69) is 4.90 Å². The largest absolute Gasteiger partial charge is 0.340 e. The van der Waals surface area contributed by atoms with E-state index in [-0.39, 0.29) is 10.8 Å². The Kier molecular flexibility index (Phi) is 6.36. The topological polar surface area (TPSA) is 60.9 Å². The number of carbonyl (C=O) groups excluding carboxylic acids is 1. The van der Waals surface area contributed by atoms with Crippen LogP contribution in [0, 0.1) is 0 Å². The van der Waals surface area contributed by atoms with Crippen LogP contribution in [-0.4, -0.2) is 64.4 Å². The highest BCUT2D eigenvalue weighted by molar-refractivity contribution is 7.92. The van der Waals surface area contributed by atoms with Crippen molar-refractivity contribution in [3.63, 3.8) is 0 Å². The summed E-state index contributed by atoms with van der Waals surface area (Å²) in [7, 11) is -0.367. The Hall–Kier alpha value is -2.38. The molecule has 1 amide bonds. The van der Waals surface area contributed by atoms with E-state index >= 15 is 0 Å². The highest BCUT2D eigenvalue weighted by atomic mass is 32.2. The van der Waals surface area contributed by atoms with Gasteiger partial charge in [0.15, 0.2) is 0 Å². The van der Waals surface area contributed by atoms with E-state index < -0.39 is 10.0 Å². The van der Waals surface area contributed by atoms with Gasteiger partial charge in [0.05, 0.1) is 10.6 Å². The molecule has 1 aliphatic rings. The molecule has 2 aromatic rings. The first-order chi connectivity index (χ1) is 13.4. The quantitative estimate of drug-likeness (QED) is 0.716. The van der Waals surface area contributed by atoms with Crippen LogP contribution in [0.3, 0.4) is 0 Å². The highest BCUT2D eigenvalue weighted by Gasteiger charge is 2.22. The summed E-state index contributed by atoms with van der Waals surface area (Å²) in [5.41, 5.74) is 1.08. The number of amides is 1. The molecule has 7 heteroatoms. The van der Waals surface area contributed by atoms with Gasteiger partial charge in [-0.25, -0.2) is 8.42 Å². The fourth-order valence-electron chi connectivity index (χ4n) is 3.32. The van der Waals surface area contributed by atoms with Crippen molar-refractivity contribution in [3.8, 4) is 0 Å². The minimum absolute atomic E-state index is 0.0976. The maximum Gasteiger partial charge on any atom is 0.264 e. The second-order valence-electron chi connectivity index (χ2n) is 7.11. The average Bonchev–Trinajstić information content (AvgIpc) is 3.25. The molecule has 0 N–H and O–H groups in total. The van der Waals surface area contributed by atoms with Crippen LogP contribution < -0.4 is 4.31 Å². The van der Waals surface area contributed by atoms with Crippen LogP contribution in [0.1, 0.15) is 23.2 Å². The molecule has 1 heterocycles. The van der Waals surface area contributed by atoms with Crippen LogP contribution in [0.2, 0.25) is 0 Å². The van der Waals surface area contributed by atoms with Gasteiger partial charge in [-0.2, -0.15) is 0 Å². The molecular weight excluding hydrogens is 374 g/mol. The average molecular weight is 402 g/mol. The van der Waals surface area contributed by atoms with E-state index in [9.17, 15) is 13.2 Å². The number of rotatable bonds is 7. The van der Waals surface area contributed by atoms with Crippen LogP contribution in [0.5, 0.6) is 0 Å². The lowest BCUT2D eigenvalue weighted by atomic mass is 10.2. The number of benzene rings is 2. The molecule has 0 radical (unpaired) electrons. The molecule has 1 aliphatic heterocycles. The van der Waals surface area contributed by atoms with Crippen LogP contribution in [-0.2, 0) is 10.0 Å². The summed E-state index contributed by atoms with van der Waals surface area (Å²) >= 11 is 0. The predicted octanol–water partition coefficient (Wildman–Crippen LogP) is 2.68. The van der Waals surface area contributed by atoms with Crippen LogP contribution in [0.4, 0.5) is 5.69 Å². The molecule has 28 heavy (non-hydrogen) atoms. The van der Waals surface area contributed by atoms with E-state index in [0.29, 0.717) is 17.8 Å². The Balaban J connectivity index is 1.67. The summed E-state index contributed by atoms with van der Waals surface area (Å²) in [6.45, 7) is 3.74. The first-order valence-corrected chi connectivity index (χ1v) is 11.0. The van der Waals surface area contributed by atoms with Gasteiger partial charge in [-0.05, 0) is 62.3 Å². The van der Waals surface area contributed by atoms with Crippen LogP contribution >= 0.6 is 0 Å². The van der Waals surface area contributed by atoms with E-state index in [4.69, 9.17) is 0 Å². The maximum absolute atomic E-state index is 12.8. The molecule has 0 unspecified atom stereocenters. The fraction of sp³-hybridized carbons (Fsp3) is 0.381. The van der Waals surface area contributed by atoms with Gasteiger partial charge >= 0.3 is 0 Å². The summed E-state index contributed by atoms with van der Waals surface area (Å²) in [5.74, 6) is -0.0976. The first-order valence-electron chi connectivity index (χ1n) is 9.51. The van der Waals surface area contributed by atoms with Crippen LogP contribution in [0.25, 0.3) is 0 Å². The summed E-state index contributed by atoms with van der Waals surface area (Å²) in [6, 6.07) is 15.1. The number of hydrogen-bond donors (Lipinski definition) is 0. The fourth-order valence-corrected chi connectivity index (χ4v) is 4.52. The molecule has 0 atom stereocenters. The minimum atomic E-state index is -3.67. The zero-order valence-electron chi connectivity index (χ0n) is 16.4. The van der Waals surface area contributed by atoms with Crippen LogP contribution in [0.15, 0.2) is 59.5 Å². The van der Waals surface area contributed by atoms with E-state index in [0.717, 1.165) is 19.6 Å². The Labute approximate surface area is 167 Å². The molecule has 0 aromatic heterocycles. The highest BCUT2D eigenvalue weighted by Crippen LogP contribution is 2.22. The number of para-hydroxylation sites is 1. The van der Waals surface area contributed by atoms with Crippen molar-refractivity contribution in [1.82, 2.24) is 9.80 Å². The summed E-state index contributed by atoms with van der Waals surface area (Å²) in [5, 5.41) is 0. The molecule has 1 saturated heterocycles. The molecule has 150 valence electrons. The van der Waals surface area contributed by atoms with E-state index in [1.54, 1.807) is 48.3 Å². The minimum Gasteiger partial charge on any atom is -0.340 e. The molecule has 6 nitrogen and oxygen atoms in total. The molecule has 0 bridgehead atoms. The molecule has 2 aromatic carbocycles.